The van der Waals surface area contributed by atoms with Gasteiger partial charge >= 0.3 is 18.0 Å². The quantitative estimate of drug-likeness (QED) is 0.567. The summed E-state index contributed by atoms with van der Waals surface area (Å²) < 4.78 is 9.83. The van der Waals surface area contributed by atoms with Crippen LogP contribution < -0.4 is 5.32 Å². The summed E-state index contributed by atoms with van der Waals surface area (Å²) in [7, 11) is 1.31. The summed E-state index contributed by atoms with van der Waals surface area (Å²) in [6.07, 6.45) is 3.72. The van der Waals surface area contributed by atoms with Crippen molar-refractivity contribution < 1.29 is 28.7 Å². The lowest BCUT2D eigenvalue weighted by Crippen LogP contribution is -2.44. The van der Waals surface area contributed by atoms with Crippen LogP contribution in [-0.4, -0.2) is 48.0 Å². The summed E-state index contributed by atoms with van der Waals surface area (Å²) in [5.74, 6) is -1.00. The standard InChI is InChI=1S/C20H24N2O6/c1-27-17(24)15-8-6-14(7-9-15)13-28-16(23)5-4-12-22-18(25)20(21-19(22)26)10-2-3-11-20/h6-9H,2-5,10-13H2,1H3,(H,21,26). The van der Waals surface area contributed by atoms with Gasteiger partial charge in [-0.2, -0.15) is 0 Å². The molecule has 1 N–H and O–H groups in total. The van der Waals surface area contributed by atoms with Gasteiger partial charge in [-0.05, 0) is 37.0 Å². The number of benzene rings is 1. The number of amides is 3. The zero-order valence-corrected chi connectivity index (χ0v) is 15.9. The van der Waals surface area contributed by atoms with Crippen LogP contribution >= 0.6 is 0 Å². The number of hydrogen-bond donors (Lipinski definition) is 1. The van der Waals surface area contributed by atoms with Crippen LogP contribution in [0.3, 0.4) is 0 Å². The first kappa shape index (κ1) is 19.9. The normalized spacial score (nSPS) is 17.7. The van der Waals surface area contributed by atoms with E-state index in [9.17, 15) is 19.2 Å². The number of rotatable bonds is 7. The molecule has 0 bridgehead atoms. The van der Waals surface area contributed by atoms with Crippen molar-refractivity contribution in [1.29, 1.82) is 0 Å². The molecule has 0 unspecified atom stereocenters. The van der Waals surface area contributed by atoms with Crippen LogP contribution in [0.15, 0.2) is 24.3 Å². The Morgan fingerprint density at radius 2 is 1.82 bits per heavy atom. The molecule has 1 aliphatic carbocycles. The Labute approximate surface area is 163 Å². The van der Waals surface area contributed by atoms with Gasteiger partial charge in [-0.15, -0.1) is 0 Å². The lowest BCUT2D eigenvalue weighted by molar-refractivity contribution is -0.145. The second-order valence-electron chi connectivity index (χ2n) is 7.13. The zero-order chi connectivity index (χ0) is 20.1. The first-order chi connectivity index (χ1) is 13.4. The first-order valence-corrected chi connectivity index (χ1v) is 9.42. The van der Waals surface area contributed by atoms with E-state index in [0.717, 1.165) is 18.4 Å². The van der Waals surface area contributed by atoms with E-state index in [1.807, 2.05) is 0 Å². The lowest BCUT2D eigenvalue weighted by Gasteiger charge is -2.19. The molecule has 1 aromatic carbocycles. The van der Waals surface area contributed by atoms with Crippen molar-refractivity contribution in [3.8, 4) is 0 Å². The predicted octanol–water partition coefficient (Wildman–Crippen LogP) is 2.16. The highest BCUT2D eigenvalue weighted by molar-refractivity contribution is 6.07. The summed E-state index contributed by atoms with van der Waals surface area (Å²) in [5.41, 5.74) is 0.456. The van der Waals surface area contributed by atoms with Crippen molar-refractivity contribution in [2.45, 2.75) is 50.7 Å². The van der Waals surface area contributed by atoms with E-state index in [1.54, 1.807) is 24.3 Å². The highest BCUT2D eigenvalue weighted by atomic mass is 16.5. The van der Waals surface area contributed by atoms with Crippen LogP contribution in [0.2, 0.25) is 0 Å². The molecule has 2 aliphatic rings. The molecule has 28 heavy (non-hydrogen) atoms. The summed E-state index contributed by atoms with van der Waals surface area (Å²) in [4.78, 5) is 49.1. The fraction of sp³-hybridized carbons (Fsp3) is 0.500. The molecule has 3 amide bonds. The second kappa shape index (κ2) is 8.41. The number of esters is 2. The number of urea groups is 1. The Bertz CT molecular complexity index is 767. The van der Waals surface area contributed by atoms with Crippen molar-refractivity contribution in [2.24, 2.45) is 0 Å². The molecule has 1 saturated carbocycles. The molecule has 8 heteroatoms. The van der Waals surface area contributed by atoms with Gasteiger partial charge in [0, 0.05) is 13.0 Å². The van der Waals surface area contributed by atoms with Crippen LogP contribution in [0, 0.1) is 0 Å². The fourth-order valence-electron chi connectivity index (χ4n) is 3.67. The summed E-state index contributed by atoms with van der Waals surface area (Å²) >= 11 is 0. The molecule has 1 aromatic rings. The largest absolute Gasteiger partial charge is 0.465 e. The molecule has 2 fully saturated rings. The van der Waals surface area contributed by atoms with Crippen LogP contribution in [0.25, 0.3) is 0 Å². The summed E-state index contributed by atoms with van der Waals surface area (Å²) in [6.45, 7) is 0.294. The summed E-state index contributed by atoms with van der Waals surface area (Å²) in [6, 6.07) is 6.21. The van der Waals surface area contributed by atoms with Crippen LogP contribution in [0.5, 0.6) is 0 Å². The van der Waals surface area contributed by atoms with E-state index < -0.39 is 17.5 Å². The Morgan fingerprint density at radius 1 is 1.14 bits per heavy atom. The van der Waals surface area contributed by atoms with E-state index in [1.165, 1.54) is 12.0 Å². The third kappa shape index (κ3) is 4.16. The van der Waals surface area contributed by atoms with Gasteiger partial charge in [0.05, 0.1) is 12.7 Å². The van der Waals surface area contributed by atoms with E-state index >= 15 is 0 Å². The third-order valence-corrected chi connectivity index (χ3v) is 5.24. The molecule has 1 aliphatic heterocycles. The Balaban J connectivity index is 1.41. The second-order valence-corrected chi connectivity index (χ2v) is 7.13. The minimum Gasteiger partial charge on any atom is -0.465 e. The molecule has 150 valence electrons. The number of methoxy groups -OCH3 is 1. The van der Waals surface area contributed by atoms with Gasteiger partial charge in [0.25, 0.3) is 5.91 Å². The average Bonchev–Trinajstić information content (AvgIpc) is 3.26. The molecule has 1 spiro atoms. The molecule has 1 saturated heterocycles. The SMILES string of the molecule is COC(=O)c1ccc(COC(=O)CCCN2C(=O)NC3(CCCC3)C2=O)cc1. The number of carbonyl (C=O) groups excluding carboxylic acids is 4. The Kier molecular flexibility index (Phi) is 5.96. The topological polar surface area (TPSA) is 102 Å². The fourth-order valence-corrected chi connectivity index (χ4v) is 3.67. The molecule has 0 radical (unpaired) electrons. The number of imide groups is 1. The van der Waals surface area contributed by atoms with Crippen LogP contribution in [-0.2, 0) is 25.7 Å². The van der Waals surface area contributed by atoms with Crippen molar-refractivity contribution in [3.63, 3.8) is 0 Å². The van der Waals surface area contributed by atoms with Gasteiger partial charge < -0.3 is 14.8 Å². The van der Waals surface area contributed by atoms with Gasteiger partial charge in [-0.3, -0.25) is 14.5 Å². The molecule has 3 rings (SSSR count). The zero-order valence-electron chi connectivity index (χ0n) is 15.9. The lowest BCUT2D eigenvalue weighted by atomic mass is 9.98. The number of ether oxygens (including phenoxy) is 2. The maximum absolute atomic E-state index is 12.5. The van der Waals surface area contributed by atoms with Gasteiger partial charge in [-0.25, -0.2) is 9.59 Å². The van der Waals surface area contributed by atoms with Crippen molar-refractivity contribution in [3.05, 3.63) is 35.4 Å². The van der Waals surface area contributed by atoms with E-state index in [2.05, 4.69) is 10.1 Å². The van der Waals surface area contributed by atoms with Crippen LogP contribution in [0.1, 0.15) is 54.4 Å². The smallest absolute Gasteiger partial charge is 0.337 e. The van der Waals surface area contributed by atoms with Gasteiger partial charge in [0.2, 0.25) is 0 Å². The minimum absolute atomic E-state index is 0.0898. The van der Waals surface area contributed by atoms with E-state index in [0.29, 0.717) is 24.8 Å². The minimum atomic E-state index is -0.714. The molecule has 8 nitrogen and oxygen atoms in total. The van der Waals surface area contributed by atoms with Gasteiger partial charge in [0.15, 0.2) is 0 Å². The maximum atomic E-state index is 12.5. The van der Waals surface area contributed by atoms with Gasteiger partial charge in [-0.1, -0.05) is 25.0 Å². The molecule has 0 aromatic heterocycles. The third-order valence-electron chi connectivity index (χ3n) is 5.24. The Hall–Kier alpha value is -2.90. The first-order valence-electron chi connectivity index (χ1n) is 9.42. The van der Waals surface area contributed by atoms with Crippen molar-refractivity contribution >= 4 is 23.9 Å². The molecule has 1 heterocycles. The molecular weight excluding hydrogens is 364 g/mol. The van der Waals surface area contributed by atoms with Crippen LogP contribution in [0.4, 0.5) is 4.79 Å². The maximum Gasteiger partial charge on any atom is 0.337 e. The predicted molar refractivity (Wildman–Crippen MR) is 98.3 cm³/mol. The Morgan fingerprint density at radius 3 is 2.46 bits per heavy atom. The number of carbonyl (C=O) groups is 4. The van der Waals surface area contributed by atoms with Crippen molar-refractivity contribution in [1.82, 2.24) is 10.2 Å². The van der Waals surface area contributed by atoms with Gasteiger partial charge in [0.1, 0.15) is 12.1 Å². The molecular formula is C20H24N2O6. The van der Waals surface area contributed by atoms with E-state index in [4.69, 9.17) is 4.74 Å². The number of nitrogens with zero attached hydrogens (tertiary/aromatic N) is 1. The average molecular weight is 388 g/mol. The monoisotopic (exact) mass is 388 g/mol. The highest BCUT2D eigenvalue weighted by Gasteiger charge is 2.52. The highest BCUT2D eigenvalue weighted by Crippen LogP contribution is 2.35. The van der Waals surface area contributed by atoms with E-state index in [-0.39, 0.29) is 31.5 Å². The summed E-state index contributed by atoms with van der Waals surface area (Å²) in [5, 5.41) is 2.82. The van der Waals surface area contributed by atoms with Crippen molar-refractivity contribution in [2.75, 3.05) is 13.7 Å². The molecule has 0 atom stereocenters. The number of nitrogens with one attached hydrogen (secondary N) is 1. The number of hydrogen-bond acceptors (Lipinski definition) is 6.